The van der Waals surface area contributed by atoms with Gasteiger partial charge in [-0.1, -0.05) is 13.8 Å². The number of aliphatic hydroxyl groups excluding tert-OH is 1. The van der Waals surface area contributed by atoms with E-state index in [-0.39, 0.29) is 12.5 Å². The topological polar surface area (TPSA) is 55.8 Å². The first-order valence-corrected chi connectivity index (χ1v) is 6.45. The Morgan fingerprint density at radius 3 is 2.47 bits per heavy atom. The molecule has 1 aromatic carbocycles. The van der Waals surface area contributed by atoms with E-state index in [1.165, 1.54) is 0 Å². The number of ether oxygens (including phenoxy) is 2. The maximum atomic E-state index is 11.6. The number of benzene rings is 1. The Kier molecular flexibility index (Phi) is 5.36. The van der Waals surface area contributed by atoms with E-state index in [9.17, 15) is 9.90 Å². The third kappa shape index (κ3) is 3.47. The molecule has 1 rings (SSSR count). The Bertz CT molecular complexity index is 452. The van der Waals surface area contributed by atoms with Crippen molar-refractivity contribution in [2.75, 3.05) is 13.7 Å². The molecule has 0 aliphatic carbocycles. The van der Waals surface area contributed by atoms with Crippen molar-refractivity contribution in [1.82, 2.24) is 0 Å². The van der Waals surface area contributed by atoms with Gasteiger partial charge in [0.2, 0.25) is 0 Å². The molecular weight excluding hydrogens is 244 g/mol. The van der Waals surface area contributed by atoms with Crippen LogP contribution in [0.3, 0.4) is 0 Å². The van der Waals surface area contributed by atoms with Crippen LogP contribution in [0.4, 0.5) is 0 Å². The third-order valence-electron chi connectivity index (χ3n) is 2.98. The number of carbonyl (C=O) groups is 1. The van der Waals surface area contributed by atoms with Crippen LogP contribution in [0.5, 0.6) is 5.75 Å². The van der Waals surface area contributed by atoms with Gasteiger partial charge in [-0.15, -0.1) is 0 Å². The molecule has 106 valence electrons. The molecule has 0 aliphatic rings. The lowest BCUT2D eigenvalue weighted by atomic mass is 9.94. The molecule has 1 atom stereocenters. The van der Waals surface area contributed by atoms with Crippen molar-refractivity contribution in [3.8, 4) is 5.75 Å². The van der Waals surface area contributed by atoms with Gasteiger partial charge in [-0.2, -0.15) is 0 Å². The third-order valence-corrected chi connectivity index (χ3v) is 2.98. The van der Waals surface area contributed by atoms with Gasteiger partial charge in [-0.25, -0.2) is 4.79 Å². The quantitative estimate of drug-likeness (QED) is 0.833. The summed E-state index contributed by atoms with van der Waals surface area (Å²) in [4.78, 5) is 11.6. The van der Waals surface area contributed by atoms with Crippen LogP contribution in [0.2, 0.25) is 0 Å². The predicted molar refractivity (Wildman–Crippen MR) is 73.4 cm³/mol. The van der Waals surface area contributed by atoms with E-state index in [1.54, 1.807) is 26.2 Å². The molecule has 1 N–H and O–H groups in total. The van der Waals surface area contributed by atoms with E-state index in [0.717, 1.165) is 16.9 Å². The molecule has 0 aromatic heterocycles. The van der Waals surface area contributed by atoms with Crippen molar-refractivity contribution in [2.24, 2.45) is 0 Å². The van der Waals surface area contributed by atoms with Gasteiger partial charge in [-0.05, 0) is 48.6 Å². The van der Waals surface area contributed by atoms with Crippen LogP contribution in [0.1, 0.15) is 49.5 Å². The molecule has 0 amide bonds. The molecular formula is C15H22O4. The van der Waals surface area contributed by atoms with Crippen molar-refractivity contribution >= 4 is 5.97 Å². The summed E-state index contributed by atoms with van der Waals surface area (Å²) in [6.45, 7) is 7.94. The van der Waals surface area contributed by atoms with Crippen LogP contribution in [0, 0.1) is 6.92 Å². The smallest absolute Gasteiger partial charge is 0.339 e. The van der Waals surface area contributed by atoms with Crippen molar-refractivity contribution in [3.63, 3.8) is 0 Å². The summed E-state index contributed by atoms with van der Waals surface area (Å²) >= 11 is 0. The van der Waals surface area contributed by atoms with E-state index >= 15 is 0 Å². The summed E-state index contributed by atoms with van der Waals surface area (Å²) in [6.07, 6.45) is -1.25. The number of hydrogen-bond donors (Lipinski definition) is 1. The minimum atomic E-state index is -1.25. The molecule has 4 heteroatoms. The molecule has 0 saturated heterocycles. The number of methoxy groups -OCH3 is 1. The number of hydrogen-bond acceptors (Lipinski definition) is 4. The number of rotatable bonds is 5. The Hall–Kier alpha value is -1.55. The molecule has 19 heavy (non-hydrogen) atoms. The zero-order valence-corrected chi connectivity index (χ0v) is 12.2. The minimum absolute atomic E-state index is 0.239. The Morgan fingerprint density at radius 1 is 1.37 bits per heavy atom. The van der Waals surface area contributed by atoms with Crippen LogP contribution in [0.15, 0.2) is 12.1 Å². The van der Waals surface area contributed by atoms with E-state index < -0.39 is 12.1 Å². The molecule has 1 unspecified atom stereocenters. The van der Waals surface area contributed by atoms with Gasteiger partial charge in [0.15, 0.2) is 6.10 Å². The lowest BCUT2D eigenvalue weighted by Gasteiger charge is -2.18. The summed E-state index contributed by atoms with van der Waals surface area (Å²) in [5.41, 5.74) is 2.41. The van der Waals surface area contributed by atoms with Gasteiger partial charge in [0.25, 0.3) is 0 Å². The van der Waals surface area contributed by atoms with Crippen LogP contribution in [-0.2, 0) is 9.53 Å². The molecule has 0 radical (unpaired) electrons. The van der Waals surface area contributed by atoms with E-state index in [4.69, 9.17) is 9.47 Å². The summed E-state index contributed by atoms with van der Waals surface area (Å²) in [5.74, 6) is 0.416. The average molecular weight is 266 g/mol. The second-order valence-corrected chi connectivity index (χ2v) is 4.77. The van der Waals surface area contributed by atoms with Crippen LogP contribution in [0.25, 0.3) is 0 Å². The Balaban J connectivity index is 3.20. The standard InChI is InChI=1S/C15H22O4/c1-6-19-15(17)13(16)11-7-10(4)14(18-5)12(8-11)9(2)3/h7-9,13,16H,6H2,1-5H3. The highest BCUT2D eigenvalue weighted by Gasteiger charge is 2.22. The zero-order valence-electron chi connectivity index (χ0n) is 12.2. The maximum Gasteiger partial charge on any atom is 0.339 e. The highest BCUT2D eigenvalue weighted by Crippen LogP contribution is 2.33. The average Bonchev–Trinajstić information content (AvgIpc) is 2.36. The summed E-state index contributed by atoms with van der Waals surface area (Å²) < 4.78 is 10.2. The number of carbonyl (C=O) groups excluding carboxylic acids is 1. The fourth-order valence-corrected chi connectivity index (χ4v) is 2.05. The van der Waals surface area contributed by atoms with E-state index in [2.05, 4.69) is 0 Å². The molecule has 0 saturated carbocycles. The summed E-state index contributed by atoms with van der Waals surface area (Å²) in [7, 11) is 1.62. The predicted octanol–water partition coefficient (Wildman–Crippen LogP) is 2.72. The Morgan fingerprint density at radius 2 is 2.00 bits per heavy atom. The Labute approximate surface area is 114 Å². The number of esters is 1. The van der Waals surface area contributed by atoms with Gasteiger partial charge in [-0.3, -0.25) is 0 Å². The SMILES string of the molecule is CCOC(=O)C(O)c1cc(C)c(OC)c(C(C)C)c1. The van der Waals surface area contributed by atoms with Crippen molar-refractivity contribution in [1.29, 1.82) is 0 Å². The minimum Gasteiger partial charge on any atom is -0.496 e. The van der Waals surface area contributed by atoms with Gasteiger partial charge in [0.1, 0.15) is 5.75 Å². The zero-order chi connectivity index (χ0) is 14.6. The van der Waals surface area contributed by atoms with Crippen LogP contribution < -0.4 is 4.74 Å². The normalized spacial score (nSPS) is 12.4. The number of aliphatic hydroxyl groups is 1. The fourth-order valence-electron chi connectivity index (χ4n) is 2.05. The molecule has 0 bridgehead atoms. The van der Waals surface area contributed by atoms with E-state index in [1.807, 2.05) is 20.8 Å². The van der Waals surface area contributed by atoms with Crippen LogP contribution in [-0.4, -0.2) is 24.8 Å². The maximum absolute atomic E-state index is 11.6. The first-order valence-electron chi connectivity index (χ1n) is 6.45. The molecule has 0 fully saturated rings. The molecule has 0 aliphatic heterocycles. The molecule has 0 spiro atoms. The van der Waals surface area contributed by atoms with Gasteiger partial charge in [0, 0.05) is 0 Å². The van der Waals surface area contributed by atoms with Crippen LogP contribution >= 0.6 is 0 Å². The first kappa shape index (κ1) is 15.5. The lowest BCUT2D eigenvalue weighted by Crippen LogP contribution is -2.16. The van der Waals surface area contributed by atoms with Crippen molar-refractivity contribution in [3.05, 3.63) is 28.8 Å². The fraction of sp³-hybridized carbons (Fsp3) is 0.533. The van der Waals surface area contributed by atoms with Gasteiger partial charge in [0.05, 0.1) is 13.7 Å². The summed E-state index contributed by atoms with van der Waals surface area (Å²) in [6, 6.07) is 3.56. The van der Waals surface area contributed by atoms with E-state index in [0.29, 0.717) is 5.56 Å². The van der Waals surface area contributed by atoms with Crippen molar-refractivity contribution < 1.29 is 19.4 Å². The molecule has 4 nitrogen and oxygen atoms in total. The largest absolute Gasteiger partial charge is 0.496 e. The summed E-state index contributed by atoms with van der Waals surface area (Å²) in [5, 5.41) is 10.00. The van der Waals surface area contributed by atoms with Gasteiger partial charge >= 0.3 is 5.97 Å². The first-order chi connectivity index (χ1) is 8.92. The number of aryl methyl sites for hydroxylation is 1. The highest BCUT2D eigenvalue weighted by molar-refractivity contribution is 5.76. The van der Waals surface area contributed by atoms with Crippen molar-refractivity contribution in [2.45, 2.75) is 39.7 Å². The second kappa shape index (κ2) is 6.57. The lowest BCUT2D eigenvalue weighted by molar-refractivity contribution is -0.153. The van der Waals surface area contributed by atoms with Gasteiger partial charge < -0.3 is 14.6 Å². The second-order valence-electron chi connectivity index (χ2n) is 4.77. The highest BCUT2D eigenvalue weighted by atomic mass is 16.5. The monoisotopic (exact) mass is 266 g/mol. The molecule has 1 aromatic rings. The molecule has 0 heterocycles.